The molecule has 0 atom stereocenters. The Morgan fingerprint density at radius 2 is 1.88 bits per heavy atom. The van der Waals surface area contributed by atoms with Gasteiger partial charge in [0.15, 0.2) is 18.1 Å². The third kappa shape index (κ3) is 4.73. The molecule has 0 saturated carbocycles. The van der Waals surface area contributed by atoms with Crippen LogP contribution in [0.4, 0.5) is 5.69 Å². The zero-order valence-electron chi connectivity index (χ0n) is 17.2. The molecular weight excluding hydrogens is 432 g/mol. The van der Waals surface area contributed by atoms with Crippen molar-refractivity contribution >= 4 is 34.8 Å². The van der Waals surface area contributed by atoms with Crippen LogP contribution in [-0.4, -0.2) is 38.2 Å². The van der Waals surface area contributed by atoms with Crippen LogP contribution in [0.2, 0.25) is 0 Å². The van der Waals surface area contributed by atoms with Gasteiger partial charge in [-0.2, -0.15) is 0 Å². The topological polar surface area (TPSA) is 94.2 Å². The van der Waals surface area contributed by atoms with Gasteiger partial charge in [-0.05, 0) is 41.3 Å². The molecule has 0 bridgehead atoms. The van der Waals surface area contributed by atoms with Crippen LogP contribution >= 0.6 is 11.3 Å². The predicted molar refractivity (Wildman–Crippen MR) is 118 cm³/mol. The molecule has 0 saturated heterocycles. The molecule has 4 rings (SSSR count). The number of nitrogens with one attached hydrogen (secondary N) is 1. The van der Waals surface area contributed by atoms with Crippen molar-refractivity contribution in [3.63, 3.8) is 0 Å². The predicted octanol–water partition coefficient (Wildman–Crippen LogP) is 3.23. The Morgan fingerprint density at radius 3 is 2.69 bits per heavy atom. The molecule has 0 radical (unpaired) electrons. The average molecular weight is 452 g/mol. The third-order valence-electron chi connectivity index (χ3n) is 4.78. The van der Waals surface area contributed by atoms with Crippen LogP contribution < -0.4 is 19.7 Å². The molecular formula is C23H20N2O6S. The summed E-state index contributed by atoms with van der Waals surface area (Å²) in [4.78, 5) is 39.4. The lowest BCUT2D eigenvalue weighted by atomic mass is 10.1. The molecule has 8 nitrogen and oxygen atoms in total. The van der Waals surface area contributed by atoms with Gasteiger partial charge in [0.25, 0.3) is 11.8 Å². The average Bonchev–Trinajstić information content (AvgIpc) is 3.52. The maximum Gasteiger partial charge on any atom is 0.340 e. The van der Waals surface area contributed by atoms with E-state index in [2.05, 4.69) is 5.32 Å². The standard InChI is InChI=1S/C23H20N2O6S/c1-25(22(27)20-7-4-10-32-20)17-6-3-2-5-16(17)23(28)29-13-21(26)24-12-15-8-9-18-19(11-15)31-14-30-18/h2-11H,12-14H2,1H3,(H,24,26). The normalized spacial score (nSPS) is 11.7. The minimum Gasteiger partial charge on any atom is -0.454 e. The first-order chi connectivity index (χ1) is 15.5. The smallest absolute Gasteiger partial charge is 0.340 e. The Labute approximate surface area is 188 Å². The number of esters is 1. The fourth-order valence-electron chi connectivity index (χ4n) is 3.13. The minimum absolute atomic E-state index is 0.177. The van der Waals surface area contributed by atoms with Gasteiger partial charge in [-0.3, -0.25) is 9.59 Å². The van der Waals surface area contributed by atoms with Crippen LogP contribution in [0.3, 0.4) is 0 Å². The Bertz CT molecular complexity index is 1150. The second kappa shape index (κ2) is 9.52. The Balaban J connectivity index is 1.34. The molecule has 1 aromatic heterocycles. The zero-order chi connectivity index (χ0) is 22.5. The summed E-state index contributed by atoms with van der Waals surface area (Å²) in [5.41, 5.74) is 1.42. The Kier molecular flexibility index (Phi) is 6.37. The summed E-state index contributed by atoms with van der Waals surface area (Å²) >= 11 is 1.32. The van der Waals surface area contributed by atoms with E-state index < -0.39 is 18.5 Å². The second-order valence-electron chi connectivity index (χ2n) is 6.90. The van der Waals surface area contributed by atoms with E-state index in [9.17, 15) is 14.4 Å². The summed E-state index contributed by atoms with van der Waals surface area (Å²) in [6.07, 6.45) is 0. The molecule has 1 N–H and O–H groups in total. The number of nitrogens with zero attached hydrogens (tertiary/aromatic N) is 1. The highest BCUT2D eigenvalue weighted by Gasteiger charge is 2.21. The number of fused-ring (bicyclic) bond motifs is 1. The van der Waals surface area contributed by atoms with Crippen LogP contribution in [0.5, 0.6) is 11.5 Å². The first kappa shape index (κ1) is 21.4. The first-order valence-corrected chi connectivity index (χ1v) is 10.6. The zero-order valence-corrected chi connectivity index (χ0v) is 18.0. The number of hydrogen-bond donors (Lipinski definition) is 1. The summed E-state index contributed by atoms with van der Waals surface area (Å²) in [6, 6.07) is 15.5. The van der Waals surface area contributed by atoms with Crippen molar-refractivity contribution in [2.45, 2.75) is 6.54 Å². The lowest BCUT2D eigenvalue weighted by Gasteiger charge is -2.19. The molecule has 3 aromatic rings. The van der Waals surface area contributed by atoms with E-state index in [1.54, 1.807) is 55.6 Å². The molecule has 9 heteroatoms. The van der Waals surface area contributed by atoms with E-state index in [-0.39, 0.29) is 24.8 Å². The lowest BCUT2D eigenvalue weighted by molar-refractivity contribution is -0.124. The van der Waals surface area contributed by atoms with Crippen LogP contribution in [-0.2, 0) is 16.1 Å². The van der Waals surface area contributed by atoms with Crippen molar-refractivity contribution in [3.05, 3.63) is 76.0 Å². The quantitative estimate of drug-likeness (QED) is 0.553. The number of carbonyl (C=O) groups excluding carboxylic acids is 3. The van der Waals surface area contributed by atoms with Gasteiger partial charge < -0.3 is 24.4 Å². The number of rotatable bonds is 7. The highest BCUT2D eigenvalue weighted by atomic mass is 32.1. The van der Waals surface area contributed by atoms with Crippen molar-refractivity contribution in [2.75, 3.05) is 25.3 Å². The first-order valence-electron chi connectivity index (χ1n) is 9.76. The van der Waals surface area contributed by atoms with Crippen molar-refractivity contribution in [1.29, 1.82) is 0 Å². The molecule has 164 valence electrons. The van der Waals surface area contributed by atoms with E-state index in [1.807, 2.05) is 11.4 Å². The molecule has 2 aromatic carbocycles. The highest BCUT2D eigenvalue weighted by molar-refractivity contribution is 7.12. The minimum atomic E-state index is -0.690. The number of thiophene rings is 1. The van der Waals surface area contributed by atoms with Gasteiger partial charge in [0.1, 0.15) is 0 Å². The largest absolute Gasteiger partial charge is 0.454 e. The summed E-state index contributed by atoms with van der Waals surface area (Å²) in [7, 11) is 1.59. The van der Waals surface area contributed by atoms with Gasteiger partial charge in [-0.1, -0.05) is 24.3 Å². The van der Waals surface area contributed by atoms with Crippen molar-refractivity contribution in [1.82, 2.24) is 5.32 Å². The van der Waals surface area contributed by atoms with Crippen LogP contribution in [0.1, 0.15) is 25.6 Å². The summed E-state index contributed by atoms with van der Waals surface area (Å²) in [5, 5.41) is 4.50. The van der Waals surface area contributed by atoms with Crippen molar-refractivity contribution in [3.8, 4) is 11.5 Å². The number of ether oxygens (including phenoxy) is 3. The fourth-order valence-corrected chi connectivity index (χ4v) is 3.82. The number of hydrogen-bond acceptors (Lipinski definition) is 7. The molecule has 2 heterocycles. The fraction of sp³-hybridized carbons (Fsp3) is 0.174. The van der Waals surface area contributed by atoms with Gasteiger partial charge in [-0.25, -0.2) is 4.79 Å². The summed E-state index contributed by atoms with van der Waals surface area (Å²) in [6.45, 7) is -0.0152. The SMILES string of the molecule is CN(C(=O)c1cccs1)c1ccccc1C(=O)OCC(=O)NCc1ccc2c(c1)OCO2. The number of carbonyl (C=O) groups is 3. The molecule has 0 aliphatic carbocycles. The van der Waals surface area contributed by atoms with E-state index in [0.29, 0.717) is 22.1 Å². The number of para-hydroxylation sites is 1. The van der Waals surface area contributed by atoms with Crippen molar-refractivity contribution in [2.24, 2.45) is 0 Å². The van der Waals surface area contributed by atoms with Gasteiger partial charge in [-0.15, -0.1) is 11.3 Å². The third-order valence-corrected chi connectivity index (χ3v) is 5.64. The van der Waals surface area contributed by atoms with E-state index >= 15 is 0 Å². The number of amides is 2. The maximum atomic E-state index is 12.6. The second-order valence-corrected chi connectivity index (χ2v) is 7.85. The van der Waals surface area contributed by atoms with Crippen LogP contribution in [0.15, 0.2) is 60.0 Å². The van der Waals surface area contributed by atoms with E-state index in [1.165, 1.54) is 16.2 Å². The van der Waals surface area contributed by atoms with Gasteiger partial charge in [0.05, 0.1) is 16.1 Å². The molecule has 32 heavy (non-hydrogen) atoms. The highest BCUT2D eigenvalue weighted by Crippen LogP contribution is 2.32. The van der Waals surface area contributed by atoms with Gasteiger partial charge in [0, 0.05) is 13.6 Å². The Hall–Kier alpha value is -3.85. The molecule has 0 fully saturated rings. The number of benzene rings is 2. The lowest BCUT2D eigenvalue weighted by Crippen LogP contribution is -2.30. The molecule has 2 amide bonds. The molecule has 1 aliphatic rings. The van der Waals surface area contributed by atoms with Crippen LogP contribution in [0.25, 0.3) is 0 Å². The Morgan fingerprint density at radius 1 is 1.06 bits per heavy atom. The van der Waals surface area contributed by atoms with Gasteiger partial charge >= 0.3 is 5.97 Å². The molecule has 0 spiro atoms. The maximum absolute atomic E-state index is 12.6. The van der Waals surface area contributed by atoms with Crippen molar-refractivity contribution < 1.29 is 28.6 Å². The summed E-state index contributed by atoms with van der Waals surface area (Å²) in [5.74, 6) is -0.0842. The summed E-state index contributed by atoms with van der Waals surface area (Å²) < 4.78 is 15.8. The van der Waals surface area contributed by atoms with E-state index in [0.717, 1.165) is 5.56 Å². The monoisotopic (exact) mass is 452 g/mol. The molecule has 0 unspecified atom stereocenters. The van der Waals surface area contributed by atoms with Gasteiger partial charge in [0.2, 0.25) is 6.79 Å². The van der Waals surface area contributed by atoms with E-state index in [4.69, 9.17) is 14.2 Å². The van der Waals surface area contributed by atoms with Crippen LogP contribution in [0, 0.1) is 0 Å². The molecule has 1 aliphatic heterocycles. The number of anilines is 1.